The van der Waals surface area contributed by atoms with Gasteiger partial charge in [0.2, 0.25) is 0 Å². The molecule has 0 spiro atoms. The van der Waals surface area contributed by atoms with Crippen LogP contribution >= 0.6 is 0 Å². The summed E-state index contributed by atoms with van der Waals surface area (Å²) in [6.45, 7) is 7.90. The smallest absolute Gasteiger partial charge is 0.119 e. The maximum absolute atomic E-state index is 5.48. The maximum atomic E-state index is 5.48. The number of benzene rings is 1. The molecule has 0 fully saturated rings. The van der Waals surface area contributed by atoms with E-state index in [0.29, 0.717) is 12.5 Å². The molecule has 0 saturated carbocycles. The highest BCUT2D eigenvalue weighted by molar-refractivity contribution is 5.40. The molecule has 0 saturated heterocycles. The molecule has 4 nitrogen and oxygen atoms in total. The van der Waals surface area contributed by atoms with Gasteiger partial charge in [-0.25, -0.2) is 4.68 Å². The zero-order valence-corrected chi connectivity index (χ0v) is 12.7. The van der Waals surface area contributed by atoms with Crippen molar-refractivity contribution in [2.75, 3.05) is 13.7 Å². The van der Waals surface area contributed by atoms with Gasteiger partial charge in [-0.05, 0) is 44.2 Å². The average Bonchev–Trinajstić information content (AvgIpc) is 2.84. The standard InChI is InChI=1S/C16H23N3O/c1-5-20-15-8-6-14(7-9-15)19-16(12(2)3)13(10-17-4)11-18-19/h6-9,11-12,17H,5,10H2,1-4H3. The van der Waals surface area contributed by atoms with Gasteiger partial charge in [0, 0.05) is 12.1 Å². The van der Waals surface area contributed by atoms with E-state index in [4.69, 9.17) is 4.74 Å². The molecule has 0 unspecified atom stereocenters. The molecule has 1 aromatic carbocycles. The molecule has 4 heteroatoms. The van der Waals surface area contributed by atoms with E-state index >= 15 is 0 Å². The van der Waals surface area contributed by atoms with Gasteiger partial charge < -0.3 is 10.1 Å². The fraction of sp³-hybridized carbons (Fsp3) is 0.438. The Kier molecular flexibility index (Phi) is 4.79. The summed E-state index contributed by atoms with van der Waals surface area (Å²) in [5.41, 5.74) is 3.57. The van der Waals surface area contributed by atoms with Crippen LogP contribution in [0.5, 0.6) is 5.75 Å². The number of rotatable bonds is 6. The van der Waals surface area contributed by atoms with Crippen LogP contribution in [0.25, 0.3) is 5.69 Å². The molecule has 0 aliphatic heterocycles. The Morgan fingerprint density at radius 3 is 2.50 bits per heavy atom. The minimum atomic E-state index is 0.424. The number of aromatic nitrogens is 2. The van der Waals surface area contributed by atoms with Crippen LogP contribution in [0.3, 0.4) is 0 Å². The Hall–Kier alpha value is -1.81. The summed E-state index contributed by atoms with van der Waals surface area (Å²) in [5, 5.41) is 7.73. The molecule has 0 radical (unpaired) electrons. The van der Waals surface area contributed by atoms with Crippen molar-refractivity contribution in [3.63, 3.8) is 0 Å². The second kappa shape index (κ2) is 6.57. The van der Waals surface area contributed by atoms with E-state index in [1.807, 2.05) is 49.1 Å². The van der Waals surface area contributed by atoms with Crippen LogP contribution in [0.1, 0.15) is 37.9 Å². The summed E-state index contributed by atoms with van der Waals surface area (Å²) in [7, 11) is 1.96. The first-order valence-corrected chi connectivity index (χ1v) is 7.12. The van der Waals surface area contributed by atoms with Gasteiger partial charge in [-0.3, -0.25) is 0 Å². The van der Waals surface area contributed by atoms with E-state index in [1.54, 1.807) is 0 Å². The van der Waals surface area contributed by atoms with E-state index < -0.39 is 0 Å². The van der Waals surface area contributed by atoms with Crippen molar-refractivity contribution in [1.29, 1.82) is 0 Å². The topological polar surface area (TPSA) is 39.1 Å². The van der Waals surface area contributed by atoms with Crippen molar-refractivity contribution >= 4 is 0 Å². The number of hydrogen-bond donors (Lipinski definition) is 1. The normalized spacial score (nSPS) is 11.1. The predicted octanol–water partition coefficient (Wildman–Crippen LogP) is 3.11. The van der Waals surface area contributed by atoms with Crippen molar-refractivity contribution in [3.8, 4) is 11.4 Å². The summed E-state index contributed by atoms with van der Waals surface area (Å²) >= 11 is 0. The van der Waals surface area contributed by atoms with Crippen molar-refractivity contribution in [2.24, 2.45) is 0 Å². The van der Waals surface area contributed by atoms with Gasteiger partial charge in [0.1, 0.15) is 5.75 Å². The Bertz CT molecular complexity index is 543. The molecule has 2 aromatic rings. The summed E-state index contributed by atoms with van der Waals surface area (Å²) < 4.78 is 7.50. The third kappa shape index (κ3) is 3.02. The SMILES string of the molecule is CCOc1ccc(-n2ncc(CNC)c2C(C)C)cc1. The lowest BCUT2D eigenvalue weighted by Crippen LogP contribution is -2.10. The molecule has 1 aromatic heterocycles. The molecule has 108 valence electrons. The third-order valence-electron chi connectivity index (χ3n) is 3.19. The Morgan fingerprint density at radius 1 is 1.25 bits per heavy atom. The first kappa shape index (κ1) is 14.6. The lowest BCUT2D eigenvalue weighted by Gasteiger charge is -2.13. The molecule has 0 aliphatic carbocycles. The third-order valence-corrected chi connectivity index (χ3v) is 3.19. The van der Waals surface area contributed by atoms with Crippen LogP contribution in [-0.4, -0.2) is 23.4 Å². The van der Waals surface area contributed by atoms with Crippen LogP contribution < -0.4 is 10.1 Å². The van der Waals surface area contributed by atoms with E-state index in [2.05, 4.69) is 24.3 Å². The molecule has 0 bridgehead atoms. The molecular weight excluding hydrogens is 250 g/mol. The van der Waals surface area contributed by atoms with Gasteiger partial charge >= 0.3 is 0 Å². The summed E-state index contributed by atoms with van der Waals surface area (Å²) in [6, 6.07) is 8.07. The number of nitrogens with one attached hydrogen (secondary N) is 1. The minimum absolute atomic E-state index is 0.424. The number of nitrogens with zero attached hydrogens (tertiary/aromatic N) is 2. The molecule has 1 N–H and O–H groups in total. The van der Waals surface area contributed by atoms with Crippen LogP contribution in [-0.2, 0) is 6.54 Å². The largest absolute Gasteiger partial charge is 0.494 e. The second-order valence-electron chi connectivity index (χ2n) is 5.08. The van der Waals surface area contributed by atoms with Gasteiger partial charge in [-0.2, -0.15) is 5.10 Å². The van der Waals surface area contributed by atoms with E-state index in [-0.39, 0.29) is 0 Å². The first-order chi connectivity index (χ1) is 9.67. The van der Waals surface area contributed by atoms with E-state index in [9.17, 15) is 0 Å². The highest BCUT2D eigenvalue weighted by atomic mass is 16.5. The number of ether oxygens (including phenoxy) is 1. The molecule has 20 heavy (non-hydrogen) atoms. The Balaban J connectivity index is 2.36. The summed E-state index contributed by atoms with van der Waals surface area (Å²) in [5.74, 6) is 1.32. The van der Waals surface area contributed by atoms with Gasteiger partial charge in [0.25, 0.3) is 0 Å². The fourth-order valence-corrected chi connectivity index (χ4v) is 2.39. The zero-order chi connectivity index (χ0) is 14.5. The average molecular weight is 273 g/mol. The van der Waals surface area contributed by atoms with Crippen molar-refractivity contribution in [2.45, 2.75) is 33.2 Å². The zero-order valence-electron chi connectivity index (χ0n) is 12.7. The maximum Gasteiger partial charge on any atom is 0.119 e. The van der Waals surface area contributed by atoms with E-state index in [0.717, 1.165) is 18.0 Å². The van der Waals surface area contributed by atoms with Crippen molar-refractivity contribution in [3.05, 3.63) is 41.7 Å². The quantitative estimate of drug-likeness (QED) is 0.879. The predicted molar refractivity (Wildman–Crippen MR) is 81.6 cm³/mol. The van der Waals surface area contributed by atoms with Crippen molar-refractivity contribution in [1.82, 2.24) is 15.1 Å². The number of hydrogen-bond acceptors (Lipinski definition) is 3. The highest BCUT2D eigenvalue weighted by Crippen LogP contribution is 2.24. The first-order valence-electron chi connectivity index (χ1n) is 7.12. The highest BCUT2D eigenvalue weighted by Gasteiger charge is 2.14. The lowest BCUT2D eigenvalue weighted by molar-refractivity contribution is 0.340. The van der Waals surface area contributed by atoms with Gasteiger partial charge in [-0.15, -0.1) is 0 Å². The molecule has 0 amide bonds. The van der Waals surface area contributed by atoms with Crippen LogP contribution in [0, 0.1) is 0 Å². The van der Waals surface area contributed by atoms with E-state index in [1.165, 1.54) is 11.3 Å². The van der Waals surface area contributed by atoms with Gasteiger partial charge in [0.05, 0.1) is 24.2 Å². The second-order valence-corrected chi connectivity index (χ2v) is 5.08. The molecular formula is C16H23N3O. The van der Waals surface area contributed by atoms with Crippen molar-refractivity contribution < 1.29 is 4.74 Å². The van der Waals surface area contributed by atoms with Crippen LogP contribution in [0.2, 0.25) is 0 Å². The van der Waals surface area contributed by atoms with Gasteiger partial charge in [-0.1, -0.05) is 13.8 Å². The minimum Gasteiger partial charge on any atom is -0.494 e. The molecule has 0 aliphatic rings. The Morgan fingerprint density at radius 2 is 1.95 bits per heavy atom. The van der Waals surface area contributed by atoms with Crippen LogP contribution in [0.15, 0.2) is 30.5 Å². The van der Waals surface area contributed by atoms with Gasteiger partial charge in [0.15, 0.2) is 0 Å². The molecule has 0 atom stereocenters. The molecule has 1 heterocycles. The summed E-state index contributed by atoms with van der Waals surface area (Å²) in [4.78, 5) is 0. The lowest BCUT2D eigenvalue weighted by atomic mass is 10.1. The monoisotopic (exact) mass is 273 g/mol. The summed E-state index contributed by atoms with van der Waals surface area (Å²) in [6.07, 6.45) is 1.95. The Labute approximate surface area is 120 Å². The molecule has 2 rings (SSSR count). The fourth-order valence-electron chi connectivity index (χ4n) is 2.39. The van der Waals surface area contributed by atoms with Crippen LogP contribution in [0.4, 0.5) is 0 Å².